The van der Waals surface area contributed by atoms with E-state index in [1.807, 2.05) is 45.0 Å². The van der Waals surface area contributed by atoms with Crippen molar-refractivity contribution >= 4 is 17.5 Å². The molecule has 0 radical (unpaired) electrons. The number of ether oxygens (including phenoxy) is 1. The molecule has 120 valence electrons. The molecule has 1 aromatic carbocycles. The van der Waals surface area contributed by atoms with Gasteiger partial charge in [0.05, 0.1) is 7.11 Å². The molecule has 0 aromatic heterocycles. The second-order valence-corrected chi connectivity index (χ2v) is 6.61. The van der Waals surface area contributed by atoms with Crippen molar-refractivity contribution in [2.24, 2.45) is 5.41 Å². The van der Waals surface area contributed by atoms with Gasteiger partial charge in [-0.2, -0.15) is 0 Å². The van der Waals surface area contributed by atoms with Crippen LogP contribution in [-0.4, -0.2) is 43.0 Å². The van der Waals surface area contributed by atoms with Gasteiger partial charge in [-0.15, -0.1) is 0 Å². The highest BCUT2D eigenvalue weighted by Gasteiger charge is 2.38. The molecule has 1 heterocycles. The summed E-state index contributed by atoms with van der Waals surface area (Å²) < 4.78 is 5.13. The Morgan fingerprint density at radius 2 is 1.77 bits per heavy atom. The fraction of sp³-hybridized carbons (Fsp3) is 0.529. The third kappa shape index (κ3) is 3.08. The molecule has 5 heteroatoms. The Morgan fingerprint density at radius 3 is 2.27 bits per heavy atom. The minimum Gasteiger partial charge on any atom is -0.497 e. The van der Waals surface area contributed by atoms with Gasteiger partial charge < -0.3 is 14.5 Å². The van der Waals surface area contributed by atoms with E-state index >= 15 is 0 Å². The number of amides is 2. The highest BCUT2D eigenvalue weighted by Crippen LogP contribution is 2.26. The number of piperazine rings is 1. The Hall–Kier alpha value is -2.04. The SMILES string of the molecule is COc1ccc(N2CCN(C(=O)C(C)(C)C)C(C)C2=O)cc1. The Bertz CT molecular complexity index is 560. The summed E-state index contributed by atoms with van der Waals surface area (Å²) in [6.07, 6.45) is 0. The van der Waals surface area contributed by atoms with E-state index in [0.717, 1.165) is 11.4 Å². The van der Waals surface area contributed by atoms with Crippen molar-refractivity contribution in [1.29, 1.82) is 0 Å². The van der Waals surface area contributed by atoms with Gasteiger partial charge in [0.1, 0.15) is 11.8 Å². The molecular formula is C17H24N2O3. The molecule has 0 bridgehead atoms. The number of anilines is 1. The number of carbonyl (C=O) groups is 2. The molecule has 0 saturated carbocycles. The molecule has 1 atom stereocenters. The van der Waals surface area contributed by atoms with E-state index in [1.165, 1.54) is 0 Å². The maximum Gasteiger partial charge on any atom is 0.249 e. The van der Waals surface area contributed by atoms with Crippen LogP contribution in [0.1, 0.15) is 27.7 Å². The summed E-state index contributed by atoms with van der Waals surface area (Å²) in [4.78, 5) is 28.5. The van der Waals surface area contributed by atoms with Gasteiger partial charge in [-0.1, -0.05) is 20.8 Å². The van der Waals surface area contributed by atoms with E-state index in [4.69, 9.17) is 4.74 Å². The van der Waals surface area contributed by atoms with Crippen LogP contribution in [0.2, 0.25) is 0 Å². The summed E-state index contributed by atoms with van der Waals surface area (Å²) >= 11 is 0. The number of carbonyl (C=O) groups excluding carboxylic acids is 2. The molecule has 1 aromatic rings. The summed E-state index contributed by atoms with van der Waals surface area (Å²) in [6, 6.07) is 6.96. The van der Waals surface area contributed by atoms with E-state index in [-0.39, 0.29) is 11.8 Å². The van der Waals surface area contributed by atoms with Gasteiger partial charge >= 0.3 is 0 Å². The molecule has 5 nitrogen and oxygen atoms in total. The molecule has 0 spiro atoms. The number of rotatable bonds is 2. The van der Waals surface area contributed by atoms with Crippen molar-refractivity contribution in [1.82, 2.24) is 4.90 Å². The molecule has 2 amide bonds. The normalized spacial score (nSPS) is 19.3. The zero-order valence-electron chi connectivity index (χ0n) is 13.9. The Labute approximate surface area is 131 Å². The molecule has 1 unspecified atom stereocenters. The van der Waals surface area contributed by atoms with E-state index in [9.17, 15) is 9.59 Å². The maximum atomic E-state index is 12.6. The molecule has 1 aliphatic rings. The van der Waals surface area contributed by atoms with Crippen LogP contribution in [0.4, 0.5) is 5.69 Å². The predicted octanol–water partition coefficient (Wildman–Crippen LogP) is 2.31. The van der Waals surface area contributed by atoms with Crippen LogP contribution in [-0.2, 0) is 9.59 Å². The van der Waals surface area contributed by atoms with Crippen molar-refractivity contribution in [2.75, 3.05) is 25.1 Å². The van der Waals surface area contributed by atoms with Crippen LogP contribution >= 0.6 is 0 Å². The highest BCUT2D eigenvalue weighted by molar-refractivity contribution is 6.00. The van der Waals surface area contributed by atoms with E-state index in [0.29, 0.717) is 13.1 Å². The van der Waals surface area contributed by atoms with Gasteiger partial charge in [-0.25, -0.2) is 0 Å². The number of hydrogen-bond acceptors (Lipinski definition) is 3. The topological polar surface area (TPSA) is 49.9 Å². The lowest BCUT2D eigenvalue weighted by molar-refractivity contribution is -0.147. The molecule has 0 aliphatic carbocycles. The molecule has 22 heavy (non-hydrogen) atoms. The van der Waals surface area contributed by atoms with Gasteiger partial charge in [0.15, 0.2) is 0 Å². The maximum absolute atomic E-state index is 12.6. The largest absolute Gasteiger partial charge is 0.497 e. The molecule has 2 rings (SSSR count). The second kappa shape index (κ2) is 5.99. The summed E-state index contributed by atoms with van der Waals surface area (Å²) in [5, 5.41) is 0. The van der Waals surface area contributed by atoms with E-state index in [1.54, 1.807) is 23.8 Å². The summed E-state index contributed by atoms with van der Waals surface area (Å²) in [7, 11) is 1.61. The lowest BCUT2D eigenvalue weighted by Gasteiger charge is -2.41. The average Bonchev–Trinajstić information content (AvgIpc) is 2.48. The number of benzene rings is 1. The first kappa shape index (κ1) is 16.3. The third-order valence-corrected chi connectivity index (χ3v) is 3.94. The quantitative estimate of drug-likeness (QED) is 0.842. The predicted molar refractivity (Wildman–Crippen MR) is 86.0 cm³/mol. The van der Waals surface area contributed by atoms with Gasteiger partial charge in [-0.3, -0.25) is 9.59 Å². The fourth-order valence-corrected chi connectivity index (χ4v) is 2.60. The first-order valence-corrected chi connectivity index (χ1v) is 7.52. The monoisotopic (exact) mass is 304 g/mol. The lowest BCUT2D eigenvalue weighted by Crippen LogP contribution is -2.59. The number of nitrogens with zero attached hydrogens (tertiary/aromatic N) is 2. The Balaban J connectivity index is 2.17. The van der Waals surface area contributed by atoms with Crippen LogP contribution in [0.5, 0.6) is 5.75 Å². The van der Waals surface area contributed by atoms with Crippen LogP contribution in [0.25, 0.3) is 0 Å². The van der Waals surface area contributed by atoms with Crippen LogP contribution in [0.3, 0.4) is 0 Å². The lowest BCUT2D eigenvalue weighted by atomic mass is 9.93. The standard InChI is InChI=1S/C17H24N2O3/c1-12-15(20)19(13-6-8-14(22-5)9-7-13)11-10-18(12)16(21)17(2,3)4/h6-9,12H,10-11H2,1-5H3. The highest BCUT2D eigenvalue weighted by atomic mass is 16.5. The number of hydrogen-bond donors (Lipinski definition) is 0. The summed E-state index contributed by atoms with van der Waals surface area (Å²) in [6.45, 7) is 8.49. The zero-order valence-corrected chi connectivity index (χ0v) is 13.9. The molecule has 0 N–H and O–H groups in total. The minimum atomic E-state index is -0.475. The van der Waals surface area contributed by atoms with Gasteiger partial charge in [0, 0.05) is 24.2 Å². The van der Waals surface area contributed by atoms with E-state index in [2.05, 4.69) is 0 Å². The fourth-order valence-electron chi connectivity index (χ4n) is 2.60. The first-order valence-electron chi connectivity index (χ1n) is 7.52. The second-order valence-electron chi connectivity index (χ2n) is 6.61. The molecule has 1 fully saturated rings. The van der Waals surface area contributed by atoms with Crippen LogP contribution in [0.15, 0.2) is 24.3 Å². The van der Waals surface area contributed by atoms with Crippen molar-refractivity contribution < 1.29 is 14.3 Å². The van der Waals surface area contributed by atoms with Crippen molar-refractivity contribution in [2.45, 2.75) is 33.7 Å². The van der Waals surface area contributed by atoms with Gasteiger partial charge in [0.25, 0.3) is 0 Å². The van der Waals surface area contributed by atoms with Gasteiger partial charge in [-0.05, 0) is 31.2 Å². The van der Waals surface area contributed by atoms with Crippen molar-refractivity contribution in [3.63, 3.8) is 0 Å². The third-order valence-electron chi connectivity index (χ3n) is 3.94. The molecular weight excluding hydrogens is 280 g/mol. The average molecular weight is 304 g/mol. The first-order chi connectivity index (χ1) is 10.3. The zero-order chi connectivity index (χ0) is 16.5. The van der Waals surface area contributed by atoms with Crippen LogP contribution < -0.4 is 9.64 Å². The molecule has 1 aliphatic heterocycles. The number of methoxy groups -OCH3 is 1. The van der Waals surface area contributed by atoms with Crippen LogP contribution in [0, 0.1) is 5.41 Å². The summed E-state index contributed by atoms with van der Waals surface area (Å²) in [5.74, 6) is 0.725. The molecule has 1 saturated heterocycles. The van der Waals surface area contributed by atoms with Gasteiger partial charge in [0.2, 0.25) is 11.8 Å². The minimum absolute atomic E-state index is 0.0164. The smallest absolute Gasteiger partial charge is 0.249 e. The Kier molecular flexibility index (Phi) is 4.44. The van der Waals surface area contributed by atoms with Crippen molar-refractivity contribution in [3.8, 4) is 5.75 Å². The van der Waals surface area contributed by atoms with E-state index < -0.39 is 11.5 Å². The van der Waals surface area contributed by atoms with Crippen molar-refractivity contribution in [3.05, 3.63) is 24.3 Å². The Morgan fingerprint density at radius 1 is 1.18 bits per heavy atom. The summed E-state index contributed by atoms with van der Waals surface area (Å²) in [5.41, 5.74) is 0.358.